The van der Waals surface area contributed by atoms with Gasteiger partial charge in [0.25, 0.3) is 0 Å². The minimum atomic E-state index is 0.245. The number of hydrogen-bond donors (Lipinski definition) is 1. The third-order valence-electron chi connectivity index (χ3n) is 2.66. The molecule has 0 radical (unpaired) electrons. The van der Waals surface area contributed by atoms with Gasteiger partial charge in [-0.25, -0.2) is 0 Å². The highest BCUT2D eigenvalue weighted by atomic mass is 16.7. The van der Waals surface area contributed by atoms with Crippen molar-refractivity contribution >= 4 is 0 Å². The lowest BCUT2D eigenvalue weighted by Gasteiger charge is -2.11. The molecule has 5 heteroatoms. The lowest BCUT2D eigenvalue weighted by atomic mass is 10.1. The first-order chi connectivity index (χ1) is 8.85. The zero-order valence-electron chi connectivity index (χ0n) is 10.1. The van der Waals surface area contributed by atoms with Crippen LogP contribution < -0.4 is 19.9 Å². The molecule has 0 saturated heterocycles. The van der Waals surface area contributed by atoms with Crippen molar-refractivity contribution in [3.05, 3.63) is 17.7 Å². The smallest absolute Gasteiger partial charge is 0.231 e. The van der Waals surface area contributed by atoms with E-state index in [0.29, 0.717) is 31.7 Å². The van der Waals surface area contributed by atoms with E-state index >= 15 is 0 Å². The molecule has 0 spiro atoms. The van der Waals surface area contributed by atoms with Crippen molar-refractivity contribution in [2.45, 2.75) is 19.3 Å². The molecule has 2 N–H and O–H groups in total. The fourth-order valence-electron chi connectivity index (χ4n) is 1.78. The third kappa shape index (κ3) is 2.84. The molecule has 0 atom stereocenters. The van der Waals surface area contributed by atoms with Gasteiger partial charge in [-0.05, 0) is 31.0 Å². The van der Waals surface area contributed by atoms with Gasteiger partial charge in [-0.15, -0.1) is 0 Å². The Bertz CT molecular complexity index is 454. The van der Waals surface area contributed by atoms with Crippen LogP contribution in [0.25, 0.3) is 0 Å². The van der Waals surface area contributed by atoms with E-state index in [4.69, 9.17) is 25.2 Å². The number of rotatable bonds is 6. The zero-order chi connectivity index (χ0) is 12.8. The molecule has 1 aliphatic heterocycles. The summed E-state index contributed by atoms with van der Waals surface area (Å²) >= 11 is 0. The average Bonchev–Trinajstić information content (AvgIpc) is 2.82. The Labute approximate surface area is 106 Å². The molecule has 0 saturated carbocycles. The molecule has 1 aromatic rings. The predicted molar refractivity (Wildman–Crippen MR) is 65.7 cm³/mol. The van der Waals surface area contributed by atoms with Gasteiger partial charge in [0.1, 0.15) is 5.75 Å². The molecule has 5 nitrogen and oxygen atoms in total. The summed E-state index contributed by atoms with van der Waals surface area (Å²) in [5, 5.41) is 8.47. The first-order valence-electron chi connectivity index (χ1n) is 5.97. The molecule has 0 amide bonds. The minimum absolute atomic E-state index is 0.245. The van der Waals surface area contributed by atoms with Crippen molar-refractivity contribution in [1.29, 1.82) is 5.26 Å². The highest BCUT2D eigenvalue weighted by Gasteiger charge is 2.17. The molecule has 0 fully saturated rings. The van der Waals surface area contributed by atoms with Crippen LogP contribution in [0.1, 0.15) is 18.4 Å². The quantitative estimate of drug-likeness (QED) is 0.774. The summed E-state index contributed by atoms with van der Waals surface area (Å²) in [5.41, 5.74) is 6.59. The predicted octanol–water partition coefficient (Wildman–Crippen LogP) is 1.60. The Morgan fingerprint density at radius 1 is 1.33 bits per heavy atom. The van der Waals surface area contributed by atoms with Crippen LogP contribution in [0.2, 0.25) is 0 Å². The van der Waals surface area contributed by atoms with Crippen LogP contribution >= 0.6 is 0 Å². The Hall–Kier alpha value is -1.93. The summed E-state index contributed by atoms with van der Waals surface area (Å²) in [4.78, 5) is 0. The van der Waals surface area contributed by atoms with Crippen LogP contribution in [-0.4, -0.2) is 19.9 Å². The second-order valence-corrected chi connectivity index (χ2v) is 3.96. The van der Waals surface area contributed by atoms with Crippen LogP contribution in [0.4, 0.5) is 0 Å². The average molecular weight is 248 g/mol. The van der Waals surface area contributed by atoms with Gasteiger partial charge in [0.2, 0.25) is 6.79 Å². The van der Waals surface area contributed by atoms with Gasteiger partial charge in [-0.2, -0.15) is 5.26 Å². The van der Waals surface area contributed by atoms with E-state index in [1.165, 1.54) is 0 Å². The molecular formula is C13H16N2O3. The standard InChI is InChI=1S/C13H16N2O3/c14-4-1-2-6-16-11-8-13-12(17-9-18-13)7-10(11)3-5-15/h7-8H,1-3,5-6,9,15H2. The summed E-state index contributed by atoms with van der Waals surface area (Å²) in [6.07, 6.45) is 1.94. The lowest BCUT2D eigenvalue weighted by molar-refractivity contribution is 0.173. The molecule has 96 valence electrons. The second kappa shape index (κ2) is 6.12. The SMILES string of the molecule is N#CCCCOc1cc2c(cc1CCN)OCO2. The van der Waals surface area contributed by atoms with Gasteiger partial charge in [-0.3, -0.25) is 0 Å². The maximum atomic E-state index is 8.47. The number of nitrogens with zero attached hydrogens (tertiary/aromatic N) is 1. The van der Waals surface area contributed by atoms with Gasteiger partial charge in [0, 0.05) is 12.5 Å². The Morgan fingerprint density at radius 3 is 2.83 bits per heavy atom. The van der Waals surface area contributed by atoms with Crippen molar-refractivity contribution in [1.82, 2.24) is 0 Å². The fourth-order valence-corrected chi connectivity index (χ4v) is 1.78. The largest absolute Gasteiger partial charge is 0.493 e. The molecule has 0 unspecified atom stereocenters. The molecule has 0 aliphatic carbocycles. The first-order valence-corrected chi connectivity index (χ1v) is 5.97. The maximum absolute atomic E-state index is 8.47. The minimum Gasteiger partial charge on any atom is -0.493 e. The van der Waals surface area contributed by atoms with Crippen molar-refractivity contribution in [2.24, 2.45) is 5.73 Å². The summed E-state index contributed by atoms with van der Waals surface area (Å²) in [5.74, 6) is 2.21. The molecule has 1 heterocycles. The van der Waals surface area contributed by atoms with E-state index < -0.39 is 0 Å². The normalized spacial score (nSPS) is 12.2. The van der Waals surface area contributed by atoms with Crippen LogP contribution in [0.5, 0.6) is 17.2 Å². The van der Waals surface area contributed by atoms with Crippen LogP contribution in [-0.2, 0) is 6.42 Å². The van der Waals surface area contributed by atoms with Crippen LogP contribution in [0, 0.1) is 11.3 Å². The van der Waals surface area contributed by atoms with E-state index in [2.05, 4.69) is 6.07 Å². The Kier molecular flexibility index (Phi) is 4.26. The third-order valence-corrected chi connectivity index (χ3v) is 2.66. The summed E-state index contributed by atoms with van der Waals surface area (Å²) < 4.78 is 16.3. The number of fused-ring (bicyclic) bond motifs is 1. The van der Waals surface area contributed by atoms with E-state index in [-0.39, 0.29) is 6.79 Å². The van der Waals surface area contributed by atoms with Crippen molar-refractivity contribution < 1.29 is 14.2 Å². The molecule has 18 heavy (non-hydrogen) atoms. The van der Waals surface area contributed by atoms with E-state index in [9.17, 15) is 0 Å². The number of nitrogens with two attached hydrogens (primary N) is 1. The summed E-state index contributed by atoms with van der Waals surface area (Å²) in [7, 11) is 0. The number of benzene rings is 1. The number of unbranched alkanes of at least 4 members (excludes halogenated alkanes) is 1. The van der Waals surface area contributed by atoms with Gasteiger partial charge in [0.15, 0.2) is 11.5 Å². The van der Waals surface area contributed by atoms with Crippen molar-refractivity contribution in [3.63, 3.8) is 0 Å². The Balaban J connectivity index is 2.09. The monoisotopic (exact) mass is 248 g/mol. The second-order valence-electron chi connectivity index (χ2n) is 3.96. The van der Waals surface area contributed by atoms with E-state index in [0.717, 1.165) is 23.5 Å². The topological polar surface area (TPSA) is 77.5 Å². The fraction of sp³-hybridized carbons (Fsp3) is 0.462. The molecular weight excluding hydrogens is 232 g/mol. The number of ether oxygens (including phenoxy) is 3. The summed E-state index contributed by atoms with van der Waals surface area (Å²) in [6, 6.07) is 5.84. The lowest BCUT2D eigenvalue weighted by Crippen LogP contribution is -2.06. The van der Waals surface area contributed by atoms with Gasteiger partial charge >= 0.3 is 0 Å². The summed E-state index contributed by atoms with van der Waals surface area (Å²) in [6.45, 7) is 1.31. The number of nitriles is 1. The molecule has 1 aromatic carbocycles. The van der Waals surface area contributed by atoms with Crippen molar-refractivity contribution in [3.8, 4) is 23.3 Å². The maximum Gasteiger partial charge on any atom is 0.231 e. The Morgan fingerprint density at radius 2 is 2.11 bits per heavy atom. The molecule has 0 bridgehead atoms. The first kappa shape index (κ1) is 12.5. The van der Waals surface area contributed by atoms with Gasteiger partial charge in [-0.1, -0.05) is 0 Å². The van der Waals surface area contributed by atoms with E-state index in [1.54, 1.807) is 0 Å². The number of hydrogen-bond acceptors (Lipinski definition) is 5. The zero-order valence-corrected chi connectivity index (χ0v) is 10.1. The van der Waals surface area contributed by atoms with Crippen molar-refractivity contribution in [2.75, 3.05) is 19.9 Å². The molecule has 1 aliphatic rings. The highest BCUT2D eigenvalue weighted by molar-refractivity contribution is 5.52. The van der Waals surface area contributed by atoms with E-state index in [1.807, 2.05) is 12.1 Å². The molecule has 2 rings (SSSR count). The van der Waals surface area contributed by atoms with Crippen LogP contribution in [0.3, 0.4) is 0 Å². The highest BCUT2D eigenvalue weighted by Crippen LogP contribution is 2.38. The molecule has 0 aromatic heterocycles. The van der Waals surface area contributed by atoms with Gasteiger partial charge < -0.3 is 19.9 Å². The van der Waals surface area contributed by atoms with Crippen LogP contribution in [0.15, 0.2) is 12.1 Å². The van der Waals surface area contributed by atoms with Gasteiger partial charge in [0.05, 0.1) is 12.7 Å².